The lowest BCUT2D eigenvalue weighted by atomic mass is 10.2. The van der Waals surface area contributed by atoms with Gasteiger partial charge in [-0.1, -0.05) is 0 Å². The molecular weight excluding hydrogens is 262 g/mol. The highest BCUT2D eigenvalue weighted by molar-refractivity contribution is 5.88. The molecule has 1 aromatic rings. The summed E-state index contributed by atoms with van der Waals surface area (Å²) in [6, 6.07) is 3.42. The van der Waals surface area contributed by atoms with Gasteiger partial charge in [-0.25, -0.2) is 4.79 Å². The van der Waals surface area contributed by atoms with Crippen molar-refractivity contribution < 1.29 is 23.7 Å². The van der Waals surface area contributed by atoms with Crippen LogP contribution >= 0.6 is 0 Å². The SMILES string of the molecule is COCCOCCCOCc1ccc(C(=O)OC)cn1. The second kappa shape index (κ2) is 10.3. The third kappa shape index (κ3) is 6.60. The summed E-state index contributed by atoms with van der Waals surface area (Å²) in [5, 5.41) is 0. The zero-order chi connectivity index (χ0) is 14.6. The van der Waals surface area contributed by atoms with E-state index in [1.807, 2.05) is 0 Å². The third-order valence-corrected chi connectivity index (χ3v) is 2.50. The van der Waals surface area contributed by atoms with Crippen LogP contribution in [0, 0.1) is 0 Å². The molecule has 20 heavy (non-hydrogen) atoms. The summed E-state index contributed by atoms with van der Waals surface area (Å²) in [4.78, 5) is 15.3. The Morgan fingerprint density at radius 2 is 1.90 bits per heavy atom. The van der Waals surface area contributed by atoms with Crippen LogP contribution in [0.25, 0.3) is 0 Å². The molecule has 0 amide bonds. The monoisotopic (exact) mass is 283 g/mol. The van der Waals surface area contributed by atoms with Crippen LogP contribution in [0.3, 0.4) is 0 Å². The second-order valence-corrected chi connectivity index (χ2v) is 4.04. The lowest BCUT2D eigenvalue weighted by Crippen LogP contribution is -2.06. The highest BCUT2D eigenvalue weighted by Gasteiger charge is 2.05. The first-order chi connectivity index (χ1) is 9.77. The smallest absolute Gasteiger partial charge is 0.339 e. The fourth-order valence-electron chi connectivity index (χ4n) is 1.43. The van der Waals surface area contributed by atoms with Crippen molar-refractivity contribution in [3.8, 4) is 0 Å². The van der Waals surface area contributed by atoms with Gasteiger partial charge in [0.2, 0.25) is 0 Å². The molecule has 0 aliphatic heterocycles. The van der Waals surface area contributed by atoms with Crippen LogP contribution in [-0.2, 0) is 25.6 Å². The maximum absolute atomic E-state index is 11.2. The summed E-state index contributed by atoms with van der Waals surface area (Å²) >= 11 is 0. The molecule has 6 nitrogen and oxygen atoms in total. The zero-order valence-electron chi connectivity index (χ0n) is 12.0. The zero-order valence-corrected chi connectivity index (χ0v) is 12.0. The summed E-state index contributed by atoms with van der Waals surface area (Å²) in [7, 11) is 2.99. The van der Waals surface area contributed by atoms with Gasteiger partial charge in [-0.3, -0.25) is 4.98 Å². The number of aromatic nitrogens is 1. The lowest BCUT2D eigenvalue weighted by molar-refractivity contribution is 0.0477. The first-order valence-corrected chi connectivity index (χ1v) is 6.45. The molecule has 0 radical (unpaired) electrons. The predicted molar refractivity (Wildman–Crippen MR) is 72.5 cm³/mol. The van der Waals surface area contributed by atoms with Crippen LogP contribution in [0.2, 0.25) is 0 Å². The summed E-state index contributed by atoms with van der Waals surface area (Å²) < 4.78 is 20.2. The van der Waals surface area contributed by atoms with Crippen LogP contribution < -0.4 is 0 Å². The molecule has 0 unspecified atom stereocenters. The summed E-state index contributed by atoms with van der Waals surface area (Å²) in [6.07, 6.45) is 2.31. The maximum atomic E-state index is 11.2. The minimum absolute atomic E-state index is 0.391. The molecule has 0 fully saturated rings. The molecule has 0 saturated carbocycles. The Kier molecular flexibility index (Phi) is 8.53. The second-order valence-electron chi connectivity index (χ2n) is 4.04. The first kappa shape index (κ1) is 16.6. The topological polar surface area (TPSA) is 66.9 Å². The molecule has 0 atom stereocenters. The normalized spacial score (nSPS) is 10.5. The number of methoxy groups -OCH3 is 2. The van der Waals surface area contributed by atoms with Crippen molar-refractivity contribution in [1.82, 2.24) is 4.98 Å². The van der Waals surface area contributed by atoms with Gasteiger partial charge in [0.05, 0.1) is 38.2 Å². The molecule has 1 rings (SSSR count). The van der Waals surface area contributed by atoms with Gasteiger partial charge < -0.3 is 18.9 Å². The van der Waals surface area contributed by atoms with Crippen molar-refractivity contribution in [3.63, 3.8) is 0 Å². The number of esters is 1. The predicted octanol–water partition coefficient (Wildman–Crippen LogP) is 1.44. The van der Waals surface area contributed by atoms with Crippen molar-refractivity contribution in [2.45, 2.75) is 13.0 Å². The molecule has 1 aromatic heterocycles. The first-order valence-electron chi connectivity index (χ1n) is 6.45. The van der Waals surface area contributed by atoms with Crippen molar-refractivity contribution in [2.75, 3.05) is 40.6 Å². The van der Waals surface area contributed by atoms with Gasteiger partial charge in [-0.2, -0.15) is 0 Å². The van der Waals surface area contributed by atoms with Crippen molar-refractivity contribution in [2.24, 2.45) is 0 Å². The molecular formula is C14H21NO5. The van der Waals surface area contributed by atoms with E-state index in [1.165, 1.54) is 13.3 Å². The average molecular weight is 283 g/mol. The Morgan fingerprint density at radius 3 is 2.55 bits per heavy atom. The van der Waals surface area contributed by atoms with Gasteiger partial charge in [-0.15, -0.1) is 0 Å². The lowest BCUT2D eigenvalue weighted by Gasteiger charge is -2.05. The molecule has 0 aromatic carbocycles. The summed E-state index contributed by atoms with van der Waals surface area (Å²) in [5.74, 6) is -0.391. The minimum atomic E-state index is -0.391. The van der Waals surface area contributed by atoms with E-state index in [-0.39, 0.29) is 0 Å². The van der Waals surface area contributed by atoms with Gasteiger partial charge >= 0.3 is 5.97 Å². The number of hydrogen-bond acceptors (Lipinski definition) is 6. The van der Waals surface area contributed by atoms with Crippen molar-refractivity contribution in [1.29, 1.82) is 0 Å². The number of rotatable bonds is 10. The maximum Gasteiger partial charge on any atom is 0.339 e. The molecule has 112 valence electrons. The molecule has 0 N–H and O–H groups in total. The van der Waals surface area contributed by atoms with Gasteiger partial charge in [0, 0.05) is 26.5 Å². The Morgan fingerprint density at radius 1 is 1.10 bits per heavy atom. The molecule has 0 bridgehead atoms. The Labute approximate surface area is 119 Å². The van der Waals surface area contributed by atoms with Gasteiger partial charge in [0.25, 0.3) is 0 Å². The van der Waals surface area contributed by atoms with E-state index >= 15 is 0 Å². The highest BCUT2D eigenvalue weighted by atomic mass is 16.5. The van der Waals surface area contributed by atoms with E-state index in [0.717, 1.165) is 12.1 Å². The fraction of sp³-hybridized carbons (Fsp3) is 0.571. The minimum Gasteiger partial charge on any atom is -0.465 e. The number of carbonyl (C=O) groups is 1. The van der Waals surface area contributed by atoms with E-state index in [4.69, 9.17) is 14.2 Å². The Hall–Kier alpha value is -1.50. The standard InChI is InChI=1S/C14H21NO5/c1-17-8-9-19-6-3-7-20-11-13-5-4-12(10-15-13)14(16)18-2/h4-5,10H,3,6-9,11H2,1-2H3. The molecule has 6 heteroatoms. The van der Waals surface area contributed by atoms with Crippen LogP contribution in [0.5, 0.6) is 0 Å². The number of hydrogen-bond donors (Lipinski definition) is 0. The van der Waals surface area contributed by atoms with E-state index in [0.29, 0.717) is 38.6 Å². The molecule has 0 spiro atoms. The van der Waals surface area contributed by atoms with Crippen molar-refractivity contribution >= 4 is 5.97 Å². The average Bonchev–Trinajstić information content (AvgIpc) is 2.50. The van der Waals surface area contributed by atoms with Crippen LogP contribution in [0.4, 0.5) is 0 Å². The largest absolute Gasteiger partial charge is 0.465 e. The van der Waals surface area contributed by atoms with E-state index in [9.17, 15) is 4.79 Å². The quantitative estimate of drug-likeness (QED) is 0.478. The van der Waals surface area contributed by atoms with Gasteiger partial charge in [-0.05, 0) is 18.6 Å². The highest BCUT2D eigenvalue weighted by Crippen LogP contribution is 2.03. The Balaban J connectivity index is 2.11. The number of ether oxygens (including phenoxy) is 4. The number of nitrogens with zero attached hydrogens (tertiary/aromatic N) is 1. The fourth-order valence-corrected chi connectivity index (χ4v) is 1.43. The molecule has 0 aliphatic carbocycles. The summed E-state index contributed by atoms with van der Waals surface area (Å²) in [5.41, 5.74) is 1.21. The van der Waals surface area contributed by atoms with Gasteiger partial charge in [0.1, 0.15) is 0 Å². The van der Waals surface area contributed by atoms with Crippen LogP contribution in [-0.4, -0.2) is 51.6 Å². The molecule has 1 heterocycles. The molecule has 0 saturated heterocycles. The number of pyridine rings is 1. The number of carbonyl (C=O) groups excluding carboxylic acids is 1. The van der Waals surface area contributed by atoms with Crippen LogP contribution in [0.15, 0.2) is 18.3 Å². The van der Waals surface area contributed by atoms with Crippen molar-refractivity contribution in [3.05, 3.63) is 29.6 Å². The van der Waals surface area contributed by atoms with Gasteiger partial charge in [0.15, 0.2) is 0 Å². The van der Waals surface area contributed by atoms with E-state index in [2.05, 4.69) is 9.72 Å². The van der Waals surface area contributed by atoms with E-state index < -0.39 is 5.97 Å². The summed E-state index contributed by atoms with van der Waals surface area (Å²) in [6.45, 7) is 2.88. The van der Waals surface area contributed by atoms with E-state index in [1.54, 1.807) is 19.2 Å². The molecule has 0 aliphatic rings. The van der Waals surface area contributed by atoms with Crippen LogP contribution in [0.1, 0.15) is 22.5 Å². The third-order valence-electron chi connectivity index (χ3n) is 2.50. The Bertz CT molecular complexity index is 380.